The molecule has 0 atom stereocenters. The summed E-state index contributed by atoms with van der Waals surface area (Å²) in [6.07, 6.45) is 4.60. The van der Waals surface area contributed by atoms with E-state index in [1.165, 1.54) is 31.9 Å². The maximum atomic E-state index is 13.8. The number of hydrogen-bond donors (Lipinski definition) is 2. The van der Waals surface area contributed by atoms with Crippen LogP contribution in [-0.2, 0) is 16.6 Å². The third-order valence-corrected chi connectivity index (χ3v) is 6.36. The molecule has 116 valence electrons. The number of halogens is 1. The van der Waals surface area contributed by atoms with Crippen LogP contribution in [0, 0.1) is 24.1 Å². The summed E-state index contributed by atoms with van der Waals surface area (Å²) in [7, 11) is -3.69. The topological polar surface area (TPSA) is 72.2 Å². The number of nitrogens with one attached hydrogen (secondary N) is 1. The normalized spacial score (nSPS) is 20.5. The van der Waals surface area contributed by atoms with Crippen LogP contribution in [0.1, 0.15) is 36.8 Å². The Balaban J connectivity index is 1.82. The molecule has 0 spiro atoms. The van der Waals surface area contributed by atoms with Crippen molar-refractivity contribution in [1.82, 2.24) is 4.72 Å². The lowest BCUT2D eigenvalue weighted by atomic mass is 10.0. The molecule has 2 saturated carbocycles. The second-order valence-corrected chi connectivity index (χ2v) is 8.10. The van der Waals surface area contributed by atoms with Crippen LogP contribution in [0.2, 0.25) is 0 Å². The average molecular weight is 312 g/mol. The predicted octanol–water partition coefficient (Wildman–Crippen LogP) is 2.06. The lowest BCUT2D eigenvalue weighted by Gasteiger charge is -2.17. The highest BCUT2D eigenvalue weighted by atomic mass is 32.2. The molecule has 0 heterocycles. The zero-order chi connectivity index (χ0) is 15.3. The Morgan fingerprint density at radius 2 is 2.05 bits per heavy atom. The van der Waals surface area contributed by atoms with E-state index >= 15 is 0 Å². The molecular formula is C15H21FN2O2S. The number of nitrogens with two attached hydrogens (primary N) is 1. The molecule has 6 heteroatoms. The summed E-state index contributed by atoms with van der Waals surface area (Å²) >= 11 is 0. The van der Waals surface area contributed by atoms with Crippen LogP contribution in [-0.4, -0.2) is 15.0 Å². The van der Waals surface area contributed by atoms with Gasteiger partial charge in [0.25, 0.3) is 0 Å². The van der Waals surface area contributed by atoms with Gasteiger partial charge in [0.1, 0.15) is 5.82 Å². The van der Waals surface area contributed by atoms with Gasteiger partial charge in [0.2, 0.25) is 10.0 Å². The molecule has 0 saturated heterocycles. The summed E-state index contributed by atoms with van der Waals surface area (Å²) in [4.78, 5) is 0.00884. The van der Waals surface area contributed by atoms with Crippen LogP contribution in [0.3, 0.4) is 0 Å². The van der Waals surface area contributed by atoms with E-state index in [-0.39, 0.29) is 22.4 Å². The second-order valence-electron chi connectivity index (χ2n) is 6.37. The molecule has 0 aromatic heterocycles. The van der Waals surface area contributed by atoms with Crippen molar-refractivity contribution in [1.29, 1.82) is 0 Å². The zero-order valence-corrected chi connectivity index (χ0v) is 13.0. The third-order valence-electron chi connectivity index (χ3n) is 4.83. The van der Waals surface area contributed by atoms with Gasteiger partial charge in [0.05, 0.1) is 4.90 Å². The summed E-state index contributed by atoms with van der Waals surface area (Å²) < 4.78 is 41.5. The molecule has 0 aliphatic heterocycles. The molecule has 2 fully saturated rings. The van der Waals surface area contributed by atoms with E-state index in [4.69, 9.17) is 5.73 Å². The molecule has 1 aromatic rings. The Kier molecular flexibility index (Phi) is 3.58. The number of sulfonamides is 1. The SMILES string of the molecule is Cc1c(F)cc(CN)cc1S(=O)(=O)NCC1(C2CC2)CC1. The Labute approximate surface area is 125 Å². The maximum absolute atomic E-state index is 13.8. The van der Waals surface area contributed by atoms with Crippen LogP contribution < -0.4 is 10.5 Å². The van der Waals surface area contributed by atoms with E-state index in [9.17, 15) is 12.8 Å². The molecule has 4 nitrogen and oxygen atoms in total. The minimum Gasteiger partial charge on any atom is -0.326 e. The first-order valence-corrected chi connectivity index (χ1v) is 8.85. The summed E-state index contributed by atoms with van der Waals surface area (Å²) in [5, 5.41) is 0. The van der Waals surface area contributed by atoms with E-state index < -0.39 is 15.8 Å². The fourth-order valence-electron chi connectivity index (χ4n) is 3.01. The van der Waals surface area contributed by atoms with Gasteiger partial charge in [0, 0.05) is 18.7 Å². The summed E-state index contributed by atoms with van der Waals surface area (Å²) in [6.45, 7) is 2.07. The lowest BCUT2D eigenvalue weighted by molar-refractivity contribution is 0.431. The van der Waals surface area contributed by atoms with Crippen molar-refractivity contribution in [3.63, 3.8) is 0 Å². The zero-order valence-electron chi connectivity index (χ0n) is 12.2. The molecule has 0 unspecified atom stereocenters. The van der Waals surface area contributed by atoms with Gasteiger partial charge < -0.3 is 5.73 Å². The van der Waals surface area contributed by atoms with Gasteiger partial charge in [-0.25, -0.2) is 17.5 Å². The highest BCUT2D eigenvalue weighted by molar-refractivity contribution is 7.89. The van der Waals surface area contributed by atoms with Crippen molar-refractivity contribution < 1.29 is 12.8 Å². The minimum atomic E-state index is -3.69. The minimum absolute atomic E-state index is 0.00884. The van der Waals surface area contributed by atoms with E-state index in [0.29, 0.717) is 18.0 Å². The Morgan fingerprint density at radius 3 is 2.57 bits per heavy atom. The van der Waals surface area contributed by atoms with Crippen LogP contribution in [0.25, 0.3) is 0 Å². The van der Waals surface area contributed by atoms with Crippen molar-refractivity contribution in [3.05, 3.63) is 29.1 Å². The van der Waals surface area contributed by atoms with Gasteiger partial charge in [-0.3, -0.25) is 0 Å². The third kappa shape index (κ3) is 2.84. The first-order chi connectivity index (χ1) is 9.88. The summed E-state index contributed by atoms with van der Waals surface area (Å²) in [6, 6.07) is 2.76. The molecular weight excluding hydrogens is 291 g/mol. The Morgan fingerprint density at radius 1 is 1.38 bits per heavy atom. The first kappa shape index (κ1) is 14.9. The van der Waals surface area contributed by atoms with Gasteiger partial charge in [-0.15, -0.1) is 0 Å². The molecule has 3 rings (SSSR count). The van der Waals surface area contributed by atoms with E-state index in [1.807, 2.05) is 0 Å². The molecule has 3 N–H and O–H groups in total. The number of hydrogen-bond acceptors (Lipinski definition) is 3. The molecule has 2 aliphatic carbocycles. The van der Waals surface area contributed by atoms with Gasteiger partial charge in [-0.05, 0) is 61.6 Å². The first-order valence-electron chi connectivity index (χ1n) is 7.37. The fourth-order valence-corrected chi connectivity index (χ4v) is 4.45. The van der Waals surface area contributed by atoms with Crippen molar-refractivity contribution in [3.8, 4) is 0 Å². The van der Waals surface area contributed by atoms with Crippen molar-refractivity contribution in [2.75, 3.05) is 6.54 Å². The van der Waals surface area contributed by atoms with Crippen molar-refractivity contribution >= 4 is 10.0 Å². The molecule has 1 aromatic carbocycles. The Hall–Kier alpha value is -0.980. The number of benzene rings is 1. The van der Waals surface area contributed by atoms with E-state index in [2.05, 4.69) is 4.72 Å². The van der Waals surface area contributed by atoms with Crippen LogP contribution >= 0.6 is 0 Å². The van der Waals surface area contributed by atoms with E-state index in [1.54, 1.807) is 0 Å². The highest BCUT2D eigenvalue weighted by Crippen LogP contribution is 2.60. The molecule has 0 radical (unpaired) electrons. The van der Waals surface area contributed by atoms with Crippen molar-refractivity contribution in [2.24, 2.45) is 17.1 Å². The molecule has 2 aliphatic rings. The molecule has 0 bridgehead atoms. The summed E-state index contributed by atoms with van der Waals surface area (Å²) in [5.74, 6) is 0.148. The maximum Gasteiger partial charge on any atom is 0.240 e. The smallest absolute Gasteiger partial charge is 0.240 e. The van der Waals surface area contributed by atoms with Crippen molar-refractivity contribution in [2.45, 2.75) is 44.0 Å². The fraction of sp³-hybridized carbons (Fsp3) is 0.600. The van der Waals surface area contributed by atoms with Crippen LogP contribution in [0.5, 0.6) is 0 Å². The standard InChI is InChI=1S/C15H21FN2O2S/c1-10-13(16)6-11(8-17)7-14(10)21(19,20)18-9-15(4-5-15)12-2-3-12/h6-7,12,18H,2-5,8-9,17H2,1H3. The summed E-state index contributed by atoms with van der Waals surface area (Å²) in [5.41, 5.74) is 6.31. The lowest BCUT2D eigenvalue weighted by Crippen LogP contribution is -2.32. The van der Waals surface area contributed by atoms with Crippen LogP contribution in [0.4, 0.5) is 4.39 Å². The average Bonchev–Trinajstić information content (AvgIpc) is 3.31. The monoisotopic (exact) mass is 312 g/mol. The van der Waals surface area contributed by atoms with E-state index in [0.717, 1.165) is 12.8 Å². The highest BCUT2D eigenvalue weighted by Gasteiger charge is 2.53. The number of rotatable bonds is 6. The second kappa shape index (κ2) is 5.04. The van der Waals surface area contributed by atoms with Gasteiger partial charge in [-0.1, -0.05) is 0 Å². The van der Waals surface area contributed by atoms with Crippen LogP contribution in [0.15, 0.2) is 17.0 Å². The van der Waals surface area contributed by atoms with Gasteiger partial charge >= 0.3 is 0 Å². The quantitative estimate of drug-likeness (QED) is 0.844. The predicted molar refractivity (Wildman–Crippen MR) is 78.6 cm³/mol. The molecule has 21 heavy (non-hydrogen) atoms. The largest absolute Gasteiger partial charge is 0.326 e. The Bertz CT molecular complexity index is 664. The molecule has 0 amide bonds. The van der Waals surface area contributed by atoms with Gasteiger partial charge in [0.15, 0.2) is 0 Å². The van der Waals surface area contributed by atoms with Gasteiger partial charge in [-0.2, -0.15) is 0 Å².